The van der Waals surface area contributed by atoms with Gasteiger partial charge in [-0.3, -0.25) is 0 Å². The van der Waals surface area contributed by atoms with Gasteiger partial charge in [0.25, 0.3) is 0 Å². The molecule has 0 saturated carbocycles. The van der Waals surface area contributed by atoms with Crippen LogP contribution in [0.25, 0.3) is 11.4 Å². The molecule has 1 aromatic carbocycles. The molecule has 0 spiro atoms. The molecular formula is C16H20N4S. The SMILES string of the molecule is Nc1cc(NCC2CCCCS2)nc(-c2ccccc2)n1. The van der Waals surface area contributed by atoms with Crippen molar-refractivity contribution in [2.75, 3.05) is 23.3 Å². The van der Waals surface area contributed by atoms with Crippen LogP contribution in [-0.4, -0.2) is 27.5 Å². The maximum atomic E-state index is 5.91. The van der Waals surface area contributed by atoms with E-state index in [2.05, 4.69) is 27.0 Å². The van der Waals surface area contributed by atoms with Crippen molar-refractivity contribution in [3.63, 3.8) is 0 Å². The van der Waals surface area contributed by atoms with Crippen molar-refractivity contribution in [3.05, 3.63) is 36.4 Å². The fraction of sp³-hybridized carbons (Fsp3) is 0.375. The molecule has 2 aromatic rings. The Kier molecular flexibility index (Phi) is 4.60. The molecule has 3 N–H and O–H groups in total. The molecule has 0 bridgehead atoms. The number of nitrogens with two attached hydrogens (primary N) is 1. The minimum absolute atomic E-state index is 0.502. The zero-order valence-corrected chi connectivity index (χ0v) is 12.8. The van der Waals surface area contributed by atoms with Crippen molar-refractivity contribution in [2.45, 2.75) is 24.5 Å². The van der Waals surface area contributed by atoms with Gasteiger partial charge in [0, 0.05) is 23.4 Å². The van der Waals surface area contributed by atoms with E-state index >= 15 is 0 Å². The van der Waals surface area contributed by atoms with E-state index in [1.807, 2.05) is 30.3 Å². The van der Waals surface area contributed by atoms with Gasteiger partial charge in [0.15, 0.2) is 5.82 Å². The lowest BCUT2D eigenvalue weighted by molar-refractivity contribution is 0.677. The second-order valence-corrected chi connectivity index (χ2v) is 6.65. The normalized spacial score (nSPS) is 18.4. The number of benzene rings is 1. The Balaban J connectivity index is 1.72. The second kappa shape index (κ2) is 6.80. The average Bonchev–Trinajstić information content (AvgIpc) is 2.54. The summed E-state index contributed by atoms with van der Waals surface area (Å²) in [7, 11) is 0. The van der Waals surface area contributed by atoms with E-state index in [9.17, 15) is 0 Å². The molecule has 1 aliphatic rings. The molecule has 1 unspecified atom stereocenters. The maximum absolute atomic E-state index is 5.91. The van der Waals surface area contributed by atoms with Crippen molar-refractivity contribution < 1.29 is 0 Å². The van der Waals surface area contributed by atoms with Gasteiger partial charge in [0.2, 0.25) is 0 Å². The van der Waals surface area contributed by atoms with Crippen LogP contribution < -0.4 is 11.1 Å². The van der Waals surface area contributed by atoms with Crippen LogP contribution >= 0.6 is 11.8 Å². The first-order valence-corrected chi connectivity index (χ1v) is 8.41. The van der Waals surface area contributed by atoms with Crippen molar-refractivity contribution in [1.29, 1.82) is 0 Å². The smallest absolute Gasteiger partial charge is 0.163 e. The van der Waals surface area contributed by atoms with E-state index in [1.54, 1.807) is 6.07 Å². The molecule has 110 valence electrons. The molecule has 0 radical (unpaired) electrons. The lowest BCUT2D eigenvalue weighted by atomic mass is 10.2. The topological polar surface area (TPSA) is 63.8 Å². The standard InChI is InChI=1S/C16H20N4S/c17-14-10-15(18-11-13-8-4-5-9-21-13)20-16(19-14)12-6-2-1-3-7-12/h1-3,6-7,10,13H,4-5,8-9,11H2,(H3,17,18,19,20). The molecule has 1 aliphatic heterocycles. The summed E-state index contributed by atoms with van der Waals surface area (Å²) in [4.78, 5) is 8.90. The highest BCUT2D eigenvalue weighted by atomic mass is 32.2. The van der Waals surface area contributed by atoms with Crippen molar-refractivity contribution in [2.24, 2.45) is 0 Å². The maximum Gasteiger partial charge on any atom is 0.163 e. The Morgan fingerprint density at radius 2 is 2.05 bits per heavy atom. The summed E-state index contributed by atoms with van der Waals surface area (Å²) in [6.07, 6.45) is 3.96. The van der Waals surface area contributed by atoms with Crippen LogP contribution in [-0.2, 0) is 0 Å². The predicted molar refractivity (Wildman–Crippen MR) is 90.5 cm³/mol. The van der Waals surface area contributed by atoms with E-state index in [-0.39, 0.29) is 0 Å². The molecular weight excluding hydrogens is 280 g/mol. The molecule has 21 heavy (non-hydrogen) atoms. The van der Waals surface area contributed by atoms with Crippen molar-refractivity contribution >= 4 is 23.4 Å². The van der Waals surface area contributed by atoms with Gasteiger partial charge in [-0.1, -0.05) is 36.8 Å². The highest BCUT2D eigenvalue weighted by Gasteiger charge is 2.14. The number of thioether (sulfide) groups is 1. The van der Waals surface area contributed by atoms with Crippen LogP contribution in [0.3, 0.4) is 0 Å². The number of hydrogen-bond donors (Lipinski definition) is 2. The molecule has 2 heterocycles. The van der Waals surface area contributed by atoms with Crippen molar-refractivity contribution in [3.8, 4) is 11.4 Å². The lowest BCUT2D eigenvalue weighted by Crippen LogP contribution is -2.20. The van der Waals surface area contributed by atoms with E-state index in [4.69, 9.17) is 5.73 Å². The lowest BCUT2D eigenvalue weighted by Gasteiger charge is -2.21. The molecule has 1 fully saturated rings. The highest BCUT2D eigenvalue weighted by Crippen LogP contribution is 2.25. The molecule has 1 atom stereocenters. The van der Waals surface area contributed by atoms with E-state index in [0.717, 1.165) is 17.9 Å². The number of nitrogens with one attached hydrogen (secondary N) is 1. The third kappa shape index (κ3) is 3.88. The van der Waals surface area contributed by atoms with E-state index in [0.29, 0.717) is 16.9 Å². The first-order chi connectivity index (χ1) is 10.3. The van der Waals surface area contributed by atoms with Gasteiger partial charge in [-0.2, -0.15) is 11.8 Å². The van der Waals surface area contributed by atoms with Crippen LogP contribution in [0, 0.1) is 0 Å². The van der Waals surface area contributed by atoms with Gasteiger partial charge in [0.05, 0.1) is 0 Å². The molecule has 0 amide bonds. The molecule has 5 heteroatoms. The summed E-state index contributed by atoms with van der Waals surface area (Å²) in [5.41, 5.74) is 6.90. The minimum Gasteiger partial charge on any atom is -0.384 e. The molecule has 1 saturated heterocycles. The largest absolute Gasteiger partial charge is 0.384 e. The van der Waals surface area contributed by atoms with Crippen LogP contribution in [0.4, 0.5) is 11.6 Å². The number of anilines is 2. The summed E-state index contributed by atoms with van der Waals surface area (Å²) in [6, 6.07) is 11.7. The number of nitrogens with zero attached hydrogens (tertiary/aromatic N) is 2. The quantitative estimate of drug-likeness (QED) is 0.905. The Morgan fingerprint density at radius 1 is 1.19 bits per heavy atom. The minimum atomic E-state index is 0.502. The average molecular weight is 300 g/mol. The van der Waals surface area contributed by atoms with Gasteiger partial charge >= 0.3 is 0 Å². The van der Waals surface area contributed by atoms with Gasteiger partial charge in [-0.15, -0.1) is 0 Å². The number of rotatable bonds is 4. The van der Waals surface area contributed by atoms with Gasteiger partial charge in [-0.25, -0.2) is 9.97 Å². The fourth-order valence-electron chi connectivity index (χ4n) is 2.46. The monoisotopic (exact) mass is 300 g/mol. The van der Waals surface area contributed by atoms with E-state index < -0.39 is 0 Å². The number of aromatic nitrogens is 2. The Labute approximate surface area is 129 Å². The highest BCUT2D eigenvalue weighted by molar-refractivity contribution is 7.99. The van der Waals surface area contributed by atoms with Crippen LogP contribution in [0.5, 0.6) is 0 Å². The van der Waals surface area contributed by atoms with Gasteiger partial charge in [0.1, 0.15) is 11.6 Å². The molecule has 0 aliphatic carbocycles. The number of hydrogen-bond acceptors (Lipinski definition) is 5. The summed E-state index contributed by atoms with van der Waals surface area (Å²) < 4.78 is 0. The van der Waals surface area contributed by atoms with Crippen LogP contribution in [0.2, 0.25) is 0 Å². The summed E-state index contributed by atoms with van der Waals surface area (Å²) in [5, 5.41) is 4.09. The Morgan fingerprint density at radius 3 is 2.81 bits per heavy atom. The fourth-order valence-corrected chi connectivity index (χ4v) is 3.70. The van der Waals surface area contributed by atoms with Gasteiger partial charge in [-0.05, 0) is 18.6 Å². The van der Waals surface area contributed by atoms with Gasteiger partial charge < -0.3 is 11.1 Å². The Hall–Kier alpha value is -1.75. The summed E-state index contributed by atoms with van der Waals surface area (Å²) >= 11 is 2.05. The Bertz CT molecular complexity index is 582. The molecule has 3 rings (SSSR count). The van der Waals surface area contributed by atoms with Crippen molar-refractivity contribution in [1.82, 2.24) is 9.97 Å². The molecule has 1 aromatic heterocycles. The first kappa shape index (κ1) is 14.2. The number of nitrogen functional groups attached to an aromatic ring is 1. The van der Waals surface area contributed by atoms with Crippen LogP contribution in [0.1, 0.15) is 19.3 Å². The zero-order chi connectivity index (χ0) is 14.5. The van der Waals surface area contributed by atoms with Crippen LogP contribution in [0.15, 0.2) is 36.4 Å². The predicted octanol–water partition coefficient (Wildman–Crippen LogP) is 3.42. The summed E-state index contributed by atoms with van der Waals surface area (Å²) in [6.45, 7) is 0.940. The third-order valence-corrected chi connectivity index (χ3v) is 4.96. The first-order valence-electron chi connectivity index (χ1n) is 7.37. The zero-order valence-electron chi connectivity index (χ0n) is 12.0. The van der Waals surface area contributed by atoms with E-state index in [1.165, 1.54) is 25.0 Å². The summed E-state index contributed by atoms with van der Waals surface area (Å²) in [5.74, 6) is 3.26. The molecule has 4 nitrogen and oxygen atoms in total. The second-order valence-electron chi connectivity index (χ2n) is 5.24. The third-order valence-electron chi connectivity index (χ3n) is 3.56.